The van der Waals surface area contributed by atoms with Gasteiger partial charge in [-0.15, -0.1) is 0 Å². The van der Waals surface area contributed by atoms with Crippen molar-refractivity contribution in [2.75, 3.05) is 43.0 Å². The van der Waals surface area contributed by atoms with Crippen molar-refractivity contribution in [3.63, 3.8) is 0 Å². The summed E-state index contributed by atoms with van der Waals surface area (Å²) < 4.78 is 18.1. The summed E-state index contributed by atoms with van der Waals surface area (Å²) in [5, 5.41) is 67.3. The number of nitrogens with one attached hydrogen (secondary N) is 3. The molecule has 15 heterocycles. The number of benzene rings is 3. The van der Waals surface area contributed by atoms with E-state index in [0.717, 1.165) is 194 Å². The molecule has 4 saturated heterocycles. The number of piperidine rings is 2. The van der Waals surface area contributed by atoms with Crippen molar-refractivity contribution in [3.8, 4) is 85.4 Å². The second-order valence-electron chi connectivity index (χ2n) is 37.3. The predicted molar refractivity (Wildman–Crippen MR) is 502 cm³/mol. The number of carboxylic acids is 1. The highest BCUT2D eigenvalue weighted by Gasteiger charge is 2.46. The molecule has 3 unspecified atom stereocenters. The molecule has 1 amide bonds. The van der Waals surface area contributed by atoms with Gasteiger partial charge in [0.25, 0.3) is 5.91 Å². The Morgan fingerprint density at radius 3 is 1.24 bits per heavy atom. The summed E-state index contributed by atoms with van der Waals surface area (Å²) in [6.45, 7) is 16.4. The Morgan fingerprint density at radius 1 is 0.462 bits per heavy atom. The lowest BCUT2D eigenvalue weighted by molar-refractivity contribution is 0.0556. The summed E-state index contributed by atoms with van der Waals surface area (Å²) in [6.07, 6.45) is 28.3. The number of carboxylic acid groups (broad SMARTS) is 1. The Morgan fingerprint density at radius 2 is 0.854 bits per heavy atom. The van der Waals surface area contributed by atoms with Gasteiger partial charge in [-0.2, -0.15) is 54.8 Å². The molecule has 0 spiro atoms. The maximum absolute atomic E-state index is 13.1. The molecular formula is C97H108N26O5Si2. The van der Waals surface area contributed by atoms with Crippen LogP contribution in [0.5, 0.6) is 0 Å². The van der Waals surface area contributed by atoms with E-state index in [-0.39, 0.29) is 54.8 Å². The second kappa shape index (κ2) is 39.1. The molecule has 130 heavy (non-hydrogen) atoms. The number of aromatic amines is 2. The molecule has 4 aliphatic heterocycles. The van der Waals surface area contributed by atoms with Gasteiger partial charge in [0.2, 0.25) is 11.6 Å². The fourth-order valence-electron chi connectivity index (χ4n) is 19.6. The maximum atomic E-state index is 13.1. The molecule has 6 fully saturated rings. The molecule has 0 radical (unpaired) electrons. The number of aromatic carboxylic acids is 1. The third kappa shape index (κ3) is 19.7. The Labute approximate surface area is 756 Å². The van der Waals surface area contributed by atoms with Gasteiger partial charge in [0.1, 0.15) is 43.6 Å². The van der Waals surface area contributed by atoms with E-state index >= 15 is 0 Å². The number of hydrogen-bond acceptors (Lipinski definition) is 24. The lowest BCUT2D eigenvalue weighted by Gasteiger charge is -2.38. The third-order valence-corrected chi connectivity index (χ3v) is 29.5. The smallest absolute Gasteiger partial charge is 0.373 e. The van der Waals surface area contributed by atoms with Gasteiger partial charge < -0.3 is 41.2 Å². The first kappa shape index (κ1) is 88.4. The van der Waals surface area contributed by atoms with Crippen molar-refractivity contribution in [2.45, 2.75) is 196 Å². The molecule has 3 aromatic carbocycles. The van der Waals surface area contributed by atoms with Gasteiger partial charge in [-0.05, 0) is 113 Å². The summed E-state index contributed by atoms with van der Waals surface area (Å²) in [5.74, 6) is 2.91. The van der Waals surface area contributed by atoms with E-state index in [9.17, 15) is 25.4 Å². The number of fused-ring (bicyclic) bond motifs is 9. The van der Waals surface area contributed by atoms with Gasteiger partial charge in [0.15, 0.2) is 16.9 Å². The molecule has 9 atom stereocenters. The van der Waals surface area contributed by atoms with Gasteiger partial charge >= 0.3 is 5.97 Å². The summed E-state index contributed by atoms with van der Waals surface area (Å²) in [7, 11) is -2.55. The van der Waals surface area contributed by atoms with E-state index in [4.69, 9.17) is 51.1 Å². The normalized spacial score (nSPS) is 19.6. The van der Waals surface area contributed by atoms with Crippen LogP contribution in [0.15, 0.2) is 177 Å². The van der Waals surface area contributed by atoms with Crippen LogP contribution >= 0.6 is 0 Å². The number of hydrogen-bond donors (Lipinski definition) is 6. The number of nitrogens with zero attached hydrogens (tertiary/aromatic N) is 21. The lowest BCUT2D eigenvalue weighted by atomic mass is 9.78. The molecule has 664 valence electrons. The first-order chi connectivity index (χ1) is 63.1. The van der Waals surface area contributed by atoms with Crippen LogP contribution in [-0.4, -0.2) is 178 Å². The number of rotatable bonds is 25. The first-order valence-corrected chi connectivity index (χ1v) is 52.4. The van der Waals surface area contributed by atoms with Crippen LogP contribution in [0.3, 0.4) is 0 Å². The van der Waals surface area contributed by atoms with Gasteiger partial charge in [-0.3, -0.25) is 29.9 Å². The zero-order valence-electron chi connectivity index (χ0n) is 74.1. The minimum absolute atomic E-state index is 0.0632. The van der Waals surface area contributed by atoms with E-state index in [1.807, 2.05) is 119 Å². The zero-order chi connectivity index (χ0) is 90.2. The van der Waals surface area contributed by atoms with Crippen LogP contribution in [0.25, 0.3) is 84.1 Å². The van der Waals surface area contributed by atoms with Crippen LogP contribution in [0.4, 0.5) is 17.5 Å². The summed E-state index contributed by atoms with van der Waals surface area (Å²) in [5.41, 5.74) is 32.1. The maximum Gasteiger partial charge on any atom is 0.373 e. The molecule has 2 saturated carbocycles. The topological polar surface area (TPSA) is 427 Å². The molecule has 8 N–H and O–H groups in total. The highest BCUT2D eigenvalue weighted by molar-refractivity contribution is 6.76. The Hall–Kier alpha value is -13.6. The predicted octanol–water partition coefficient (Wildman–Crippen LogP) is 16.6. The Balaban J connectivity index is 0.000000133. The van der Waals surface area contributed by atoms with Gasteiger partial charge in [-0.1, -0.05) is 161 Å². The van der Waals surface area contributed by atoms with Crippen LogP contribution in [0.2, 0.25) is 51.4 Å². The van der Waals surface area contributed by atoms with Crippen LogP contribution in [0, 0.1) is 45.8 Å². The highest BCUT2D eigenvalue weighted by Crippen LogP contribution is 2.51. The number of pyridine rings is 3. The minimum atomic E-state index is -1.27. The molecule has 2 aliphatic carbocycles. The van der Waals surface area contributed by atoms with Crippen LogP contribution < -0.4 is 21.7 Å². The third-order valence-electron chi connectivity index (χ3n) is 26.1. The highest BCUT2D eigenvalue weighted by atomic mass is 28.3. The molecule has 6 bridgehead atoms. The fourth-order valence-corrected chi connectivity index (χ4v) is 21.1. The quantitative estimate of drug-likeness (QED) is 0.0176. The number of amides is 1. The number of nitrogens with two attached hydrogens (primary N) is 2. The minimum Gasteiger partial charge on any atom is -0.475 e. The van der Waals surface area contributed by atoms with Gasteiger partial charge in [0, 0.05) is 157 Å². The number of anilines is 3. The number of carbonyl (C=O) groups is 2. The number of H-pyrrole nitrogens is 2. The van der Waals surface area contributed by atoms with Gasteiger partial charge in [0.05, 0.1) is 90.2 Å². The van der Waals surface area contributed by atoms with E-state index < -0.39 is 22.1 Å². The van der Waals surface area contributed by atoms with Crippen LogP contribution in [0.1, 0.15) is 156 Å². The fraction of sp³-hybridized carbons (Fsp3) is 0.381. The lowest BCUT2D eigenvalue weighted by Crippen LogP contribution is -2.46. The summed E-state index contributed by atoms with van der Waals surface area (Å²) in [6, 6.07) is 53.1. The SMILES string of the molecule is C[Si](C)(C)CCOCN(COCC[Si](C)(C)C)c1c(CC#N)c(C2C[C@H]3CC[C@@H](C2)C3)nc2c(-c3ccc(-c4ccccc4)nc3)cnn12.N#CCc1c(C2C[C@H]3CC[C@@H](C2)N3)nc2c(-c3ccc(-c4ccccc4)nc3)cnn2c1N.N#CCc1c(C2C[C@H]3CC[C@@H](C2)N3C(=O)c2ncn[nH]2)nc2c(-c3ccc(-c4ccccc4)nc3)cnn2c1N.O=C(O)c1ncn[nH]1. The molecule has 14 aromatic rings. The number of nitriles is 3. The number of ether oxygens (including phenoxy) is 2. The molecule has 11 aromatic heterocycles. The molecule has 33 heteroatoms. The Kier molecular flexibility index (Phi) is 26.6. The average molecular weight is 1770 g/mol. The van der Waals surface area contributed by atoms with E-state index in [1.54, 1.807) is 21.4 Å². The molecule has 20 rings (SSSR count). The van der Waals surface area contributed by atoms with E-state index in [1.165, 1.54) is 38.4 Å². The van der Waals surface area contributed by atoms with Crippen molar-refractivity contribution < 1.29 is 24.2 Å². The average Bonchev–Trinajstić information content (AvgIpc) is 1.56. The van der Waals surface area contributed by atoms with Gasteiger partial charge in [-0.25, -0.2) is 29.7 Å². The number of aromatic nitrogens is 18. The largest absolute Gasteiger partial charge is 0.475 e. The summed E-state index contributed by atoms with van der Waals surface area (Å²) >= 11 is 0. The van der Waals surface area contributed by atoms with Crippen molar-refractivity contribution in [1.82, 2.24) is 99.3 Å². The second-order valence-corrected chi connectivity index (χ2v) is 48.5. The van der Waals surface area contributed by atoms with Crippen molar-refractivity contribution >= 4 is 62.4 Å². The van der Waals surface area contributed by atoms with Crippen molar-refractivity contribution in [2.24, 2.45) is 11.8 Å². The van der Waals surface area contributed by atoms with Crippen LogP contribution in [-0.2, 0) is 28.7 Å². The molecule has 6 aliphatic rings. The van der Waals surface area contributed by atoms with Crippen molar-refractivity contribution in [3.05, 3.63) is 223 Å². The summed E-state index contributed by atoms with van der Waals surface area (Å²) in [4.78, 5) is 64.5. The molecular weight excluding hydrogens is 1670 g/mol. The molecule has 31 nitrogen and oxygen atoms in total. The first-order valence-electron chi connectivity index (χ1n) is 44.9. The Bertz CT molecular complexity index is 6360. The number of carbonyl (C=O) groups excluding carboxylic acids is 1. The number of nitrogen functional groups attached to an aromatic ring is 2. The monoisotopic (exact) mass is 1770 g/mol. The van der Waals surface area contributed by atoms with Crippen molar-refractivity contribution in [1.29, 1.82) is 15.8 Å². The van der Waals surface area contributed by atoms with E-state index in [2.05, 4.69) is 161 Å². The van der Waals surface area contributed by atoms with E-state index in [0.29, 0.717) is 73.4 Å². The zero-order valence-corrected chi connectivity index (χ0v) is 76.1. The standard InChI is InChI=1S/C39H54N6O2Si2.C29H26N10O.C26H25N7.C3H3N3O2/c1-48(2,3)20-18-46-27-44(28-47-19-21-49(4,5)6)39-34(16-17-40)37(33-23-29-12-13-30(22-29)24-33)43-38-35(26-42-45(38)39)32-14-15-36(41-25-32)31-10-8-7-9-11-31;30-11-10-22-25(19-12-20-7-8-21(13-19)38(20)29(40)27-33-16-34-37-27)36-28-23(15-35-39(28)26(22)31)18-6-9-24(32-14-18)17-4-2-1-3-5-17;27-11-10-21-24(18-12-19-7-8-20(13-18)31-19)32-26-22(15-30-33(26)25(21)28)17-6-9-23(29-14-17)16-4-2-1-3-5-16;7-3(8)2-4-1-5-6-2/h7-11,14-15,25-26,29-30,33H,12-13,16,18-24,27-28H2,1-6H3;1-6,9,14-16,19-21H,7-8,10,12-13,31H2,(H,33,34,37);1-6,9,14-15,18-20,31H,7-8,10,12-13,28H2;1H,(H,7,8)(H,4,5,6)/t29-,30+,33?;19?,20-,21+;18?,19-,20+;.